The van der Waals surface area contributed by atoms with Crippen molar-refractivity contribution in [3.63, 3.8) is 0 Å². The molecule has 0 saturated heterocycles. The molecule has 2 aromatic carbocycles. The monoisotopic (exact) mass is 269 g/mol. The van der Waals surface area contributed by atoms with Gasteiger partial charge in [-0.15, -0.1) is 0 Å². The molecule has 0 amide bonds. The summed E-state index contributed by atoms with van der Waals surface area (Å²) in [4.78, 5) is 5.35. The highest BCUT2D eigenvalue weighted by molar-refractivity contribution is 7.71. The Bertz CT molecular complexity index is 783. The number of aromatic nitrogens is 2. The zero-order chi connectivity index (χ0) is 13.4. The molecular weight excluding hydrogens is 254 g/mol. The molecule has 0 unspecified atom stereocenters. The standard InChI is InChI=1S/C15H15N3S/c1-17(2)13-9-5-6-10-14(13)18-12-8-4-3-7-11(12)16-15(18)19/h3-10H,1-2H3,(H,16,19). The van der Waals surface area contributed by atoms with E-state index in [4.69, 9.17) is 12.2 Å². The molecule has 96 valence electrons. The van der Waals surface area contributed by atoms with Crippen LogP contribution in [0.5, 0.6) is 0 Å². The van der Waals surface area contributed by atoms with E-state index in [1.54, 1.807) is 0 Å². The summed E-state index contributed by atoms with van der Waals surface area (Å²) in [5, 5.41) is 0. The van der Waals surface area contributed by atoms with Crippen molar-refractivity contribution in [2.24, 2.45) is 0 Å². The Labute approximate surface area is 117 Å². The van der Waals surface area contributed by atoms with Gasteiger partial charge in [0.15, 0.2) is 4.77 Å². The summed E-state index contributed by atoms with van der Waals surface area (Å²) >= 11 is 5.47. The number of imidazole rings is 1. The number of fused-ring (bicyclic) bond motifs is 1. The second kappa shape index (κ2) is 4.55. The molecule has 0 atom stereocenters. The van der Waals surface area contributed by atoms with Gasteiger partial charge in [-0.2, -0.15) is 0 Å². The minimum absolute atomic E-state index is 0.718. The fourth-order valence-electron chi connectivity index (χ4n) is 2.33. The van der Waals surface area contributed by atoms with Crippen LogP contribution >= 0.6 is 12.2 Å². The van der Waals surface area contributed by atoms with Gasteiger partial charge >= 0.3 is 0 Å². The maximum atomic E-state index is 5.47. The zero-order valence-corrected chi connectivity index (χ0v) is 11.7. The Morgan fingerprint density at radius 2 is 1.68 bits per heavy atom. The Morgan fingerprint density at radius 1 is 1.00 bits per heavy atom. The van der Waals surface area contributed by atoms with Gasteiger partial charge in [0.1, 0.15) is 0 Å². The Balaban J connectivity index is 2.37. The molecule has 0 aliphatic heterocycles. The van der Waals surface area contributed by atoms with Crippen molar-refractivity contribution in [2.75, 3.05) is 19.0 Å². The number of anilines is 1. The summed E-state index contributed by atoms with van der Waals surface area (Å²) in [5.74, 6) is 0. The average Bonchev–Trinajstić information content (AvgIpc) is 2.74. The lowest BCUT2D eigenvalue weighted by Gasteiger charge is -2.18. The molecule has 3 aromatic rings. The van der Waals surface area contributed by atoms with Crippen LogP contribution in [0.15, 0.2) is 48.5 Å². The number of nitrogens with one attached hydrogen (secondary N) is 1. The van der Waals surface area contributed by atoms with Crippen LogP contribution in [-0.4, -0.2) is 23.6 Å². The van der Waals surface area contributed by atoms with Gasteiger partial charge in [0.2, 0.25) is 0 Å². The molecule has 0 aliphatic carbocycles. The fourth-order valence-corrected chi connectivity index (χ4v) is 2.63. The highest BCUT2D eigenvalue weighted by Crippen LogP contribution is 2.26. The molecule has 1 N–H and O–H groups in total. The van der Waals surface area contributed by atoms with Crippen LogP contribution in [0.3, 0.4) is 0 Å². The van der Waals surface area contributed by atoms with Gasteiger partial charge < -0.3 is 9.88 Å². The van der Waals surface area contributed by atoms with Crippen LogP contribution in [0.25, 0.3) is 16.7 Å². The summed E-state index contributed by atoms with van der Waals surface area (Å²) in [6, 6.07) is 16.4. The lowest BCUT2D eigenvalue weighted by atomic mass is 10.2. The second-order valence-electron chi connectivity index (χ2n) is 4.67. The summed E-state index contributed by atoms with van der Waals surface area (Å²) < 4.78 is 2.80. The van der Waals surface area contributed by atoms with Crippen LogP contribution in [0.2, 0.25) is 0 Å². The average molecular weight is 269 g/mol. The van der Waals surface area contributed by atoms with Crippen molar-refractivity contribution in [3.05, 3.63) is 53.3 Å². The molecule has 0 saturated carbocycles. The summed E-state index contributed by atoms with van der Waals surface area (Å²) in [6.45, 7) is 0. The lowest BCUT2D eigenvalue weighted by Crippen LogP contribution is -2.12. The third kappa shape index (κ3) is 1.94. The van der Waals surface area contributed by atoms with Crippen LogP contribution in [0.4, 0.5) is 5.69 Å². The highest BCUT2D eigenvalue weighted by Gasteiger charge is 2.10. The van der Waals surface area contributed by atoms with E-state index < -0.39 is 0 Å². The maximum Gasteiger partial charge on any atom is 0.182 e. The molecule has 0 fully saturated rings. The number of hydrogen-bond acceptors (Lipinski definition) is 2. The second-order valence-corrected chi connectivity index (χ2v) is 5.05. The van der Waals surface area contributed by atoms with Crippen molar-refractivity contribution < 1.29 is 0 Å². The molecule has 0 bridgehead atoms. The first-order chi connectivity index (χ1) is 9.18. The molecule has 19 heavy (non-hydrogen) atoms. The predicted molar refractivity (Wildman–Crippen MR) is 82.8 cm³/mol. The highest BCUT2D eigenvalue weighted by atomic mass is 32.1. The van der Waals surface area contributed by atoms with E-state index in [0.29, 0.717) is 0 Å². The van der Waals surface area contributed by atoms with E-state index in [2.05, 4.69) is 32.7 Å². The molecule has 3 rings (SSSR count). The largest absolute Gasteiger partial charge is 0.376 e. The van der Waals surface area contributed by atoms with Crippen molar-refractivity contribution in [1.82, 2.24) is 9.55 Å². The lowest BCUT2D eigenvalue weighted by molar-refractivity contribution is 1.03. The van der Waals surface area contributed by atoms with E-state index in [1.165, 1.54) is 0 Å². The minimum atomic E-state index is 0.718. The third-order valence-corrected chi connectivity index (χ3v) is 3.48. The first-order valence-corrected chi connectivity index (χ1v) is 6.56. The van der Waals surface area contributed by atoms with Crippen molar-refractivity contribution in [3.8, 4) is 5.69 Å². The Kier molecular flexibility index (Phi) is 2.87. The van der Waals surface area contributed by atoms with Crippen LogP contribution in [-0.2, 0) is 0 Å². The quantitative estimate of drug-likeness (QED) is 0.716. The van der Waals surface area contributed by atoms with Crippen LogP contribution in [0.1, 0.15) is 0 Å². The number of aromatic amines is 1. The predicted octanol–water partition coefficient (Wildman–Crippen LogP) is 3.75. The van der Waals surface area contributed by atoms with Crippen molar-refractivity contribution in [1.29, 1.82) is 0 Å². The first-order valence-electron chi connectivity index (χ1n) is 6.15. The number of para-hydroxylation sites is 4. The molecule has 0 radical (unpaired) electrons. The van der Waals surface area contributed by atoms with Gasteiger partial charge in [-0.3, -0.25) is 4.57 Å². The van der Waals surface area contributed by atoms with Crippen LogP contribution in [0, 0.1) is 4.77 Å². The summed E-state index contributed by atoms with van der Waals surface area (Å²) in [7, 11) is 4.08. The van der Waals surface area contributed by atoms with E-state index in [1.807, 2.05) is 44.4 Å². The van der Waals surface area contributed by atoms with E-state index in [9.17, 15) is 0 Å². The smallest absolute Gasteiger partial charge is 0.182 e. The van der Waals surface area contributed by atoms with Gasteiger partial charge in [0, 0.05) is 14.1 Å². The molecule has 4 heteroatoms. The van der Waals surface area contributed by atoms with Gasteiger partial charge in [-0.1, -0.05) is 24.3 Å². The SMILES string of the molecule is CN(C)c1ccccc1-n1c(=S)[nH]c2ccccc21. The van der Waals surface area contributed by atoms with Gasteiger partial charge in [0.25, 0.3) is 0 Å². The summed E-state index contributed by atoms with van der Waals surface area (Å²) in [6.07, 6.45) is 0. The fraction of sp³-hybridized carbons (Fsp3) is 0.133. The van der Waals surface area contributed by atoms with Crippen molar-refractivity contribution in [2.45, 2.75) is 0 Å². The van der Waals surface area contributed by atoms with Crippen molar-refractivity contribution >= 4 is 28.9 Å². The number of rotatable bonds is 2. The number of H-pyrrole nitrogens is 1. The van der Waals surface area contributed by atoms with Gasteiger partial charge in [0.05, 0.1) is 22.4 Å². The normalized spacial score (nSPS) is 10.8. The van der Waals surface area contributed by atoms with E-state index >= 15 is 0 Å². The first kappa shape index (κ1) is 12.0. The molecule has 0 aliphatic rings. The van der Waals surface area contributed by atoms with E-state index in [0.717, 1.165) is 27.2 Å². The zero-order valence-electron chi connectivity index (χ0n) is 10.9. The number of benzene rings is 2. The Morgan fingerprint density at radius 3 is 2.47 bits per heavy atom. The topological polar surface area (TPSA) is 24.0 Å². The molecule has 1 aromatic heterocycles. The molecule has 0 spiro atoms. The Hall–Kier alpha value is -2.07. The van der Waals surface area contributed by atoms with Crippen LogP contribution < -0.4 is 4.90 Å². The molecular formula is C15H15N3S. The van der Waals surface area contributed by atoms with E-state index in [-0.39, 0.29) is 0 Å². The number of nitrogens with zero attached hydrogens (tertiary/aromatic N) is 2. The number of hydrogen-bond donors (Lipinski definition) is 1. The minimum Gasteiger partial charge on any atom is -0.376 e. The third-order valence-electron chi connectivity index (χ3n) is 3.19. The molecule has 1 heterocycles. The summed E-state index contributed by atoms with van der Waals surface area (Å²) in [5.41, 5.74) is 4.39. The maximum absolute atomic E-state index is 5.47. The van der Waals surface area contributed by atoms with Gasteiger partial charge in [-0.05, 0) is 36.5 Å². The van der Waals surface area contributed by atoms with Gasteiger partial charge in [-0.25, -0.2) is 0 Å². The molecule has 3 nitrogen and oxygen atoms in total.